The van der Waals surface area contributed by atoms with Gasteiger partial charge in [0.15, 0.2) is 0 Å². The third-order valence-electron chi connectivity index (χ3n) is 5.43. The Labute approximate surface area is 187 Å². The van der Waals surface area contributed by atoms with Gasteiger partial charge < -0.3 is 20.5 Å². The number of hydrogen-bond donors (Lipinski definition) is 2. The Hall–Kier alpha value is -3.39. The number of nitrogens with zero attached hydrogens (tertiary/aromatic N) is 3. The van der Waals surface area contributed by atoms with Crippen LogP contribution in [0.15, 0.2) is 48.8 Å². The minimum Gasteiger partial charge on any atom is -0.490 e. The SMILES string of the molecule is CC(Nc1ncnc2cc(OCCN3CC(=O)OC(C)(C)C3)c(N)cc12)c1ccccc1. The van der Waals surface area contributed by atoms with Crippen LogP contribution in [0, 0.1) is 0 Å². The summed E-state index contributed by atoms with van der Waals surface area (Å²) >= 11 is 0. The van der Waals surface area contributed by atoms with E-state index in [0.29, 0.717) is 31.1 Å². The molecular formula is C24H29N5O3. The molecule has 2 heterocycles. The highest BCUT2D eigenvalue weighted by Crippen LogP contribution is 2.31. The Morgan fingerprint density at radius 2 is 2.03 bits per heavy atom. The van der Waals surface area contributed by atoms with Crippen molar-refractivity contribution in [3.8, 4) is 5.75 Å². The monoisotopic (exact) mass is 435 g/mol. The average Bonchev–Trinajstić information content (AvgIpc) is 2.74. The Morgan fingerprint density at radius 3 is 2.78 bits per heavy atom. The molecule has 1 aromatic heterocycles. The van der Waals surface area contributed by atoms with E-state index >= 15 is 0 Å². The van der Waals surface area contributed by atoms with Crippen molar-refractivity contribution in [2.75, 3.05) is 37.3 Å². The molecule has 8 nitrogen and oxygen atoms in total. The van der Waals surface area contributed by atoms with Gasteiger partial charge in [0.25, 0.3) is 0 Å². The first-order valence-electron chi connectivity index (χ1n) is 10.7. The third kappa shape index (κ3) is 5.08. The van der Waals surface area contributed by atoms with E-state index in [1.807, 2.05) is 49.1 Å². The molecule has 0 bridgehead atoms. The van der Waals surface area contributed by atoms with E-state index in [2.05, 4.69) is 34.3 Å². The Bertz CT molecular complexity index is 1100. The number of rotatable bonds is 7. The van der Waals surface area contributed by atoms with Crippen LogP contribution in [0.5, 0.6) is 5.75 Å². The van der Waals surface area contributed by atoms with Crippen LogP contribution in [0.4, 0.5) is 11.5 Å². The second-order valence-electron chi connectivity index (χ2n) is 8.70. The molecule has 1 aliphatic rings. The Kier molecular flexibility index (Phi) is 6.14. The molecule has 0 radical (unpaired) electrons. The summed E-state index contributed by atoms with van der Waals surface area (Å²) in [6, 6.07) is 13.9. The van der Waals surface area contributed by atoms with Gasteiger partial charge in [0.1, 0.15) is 30.1 Å². The summed E-state index contributed by atoms with van der Waals surface area (Å²) in [5, 5.41) is 4.28. The van der Waals surface area contributed by atoms with Crippen LogP contribution < -0.4 is 15.8 Å². The lowest BCUT2D eigenvalue weighted by molar-refractivity contribution is -0.169. The summed E-state index contributed by atoms with van der Waals surface area (Å²) < 4.78 is 11.3. The molecule has 1 unspecified atom stereocenters. The fourth-order valence-corrected chi connectivity index (χ4v) is 3.96. The quantitative estimate of drug-likeness (QED) is 0.430. The number of ether oxygens (including phenoxy) is 2. The number of morpholine rings is 1. The third-order valence-corrected chi connectivity index (χ3v) is 5.43. The van der Waals surface area contributed by atoms with Gasteiger partial charge in [-0.05, 0) is 32.4 Å². The Morgan fingerprint density at radius 1 is 1.25 bits per heavy atom. The van der Waals surface area contributed by atoms with Crippen LogP contribution in [0.25, 0.3) is 10.9 Å². The van der Waals surface area contributed by atoms with E-state index in [1.165, 1.54) is 6.33 Å². The minimum absolute atomic E-state index is 0.0759. The van der Waals surface area contributed by atoms with Gasteiger partial charge in [0, 0.05) is 30.6 Å². The first-order chi connectivity index (χ1) is 15.3. The molecule has 1 saturated heterocycles. The number of aromatic nitrogens is 2. The van der Waals surface area contributed by atoms with Crippen LogP contribution in [-0.4, -0.2) is 52.7 Å². The number of benzene rings is 2. The minimum atomic E-state index is -0.492. The topological polar surface area (TPSA) is 103 Å². The van der Waals surface area contributed by atoms with Crippen molar-refractivity contribution in [2.24, 2.45) is 0 Å². The summed E-state index contributed by atoms with van der Waals surface area (Å²) in [6.45, 7) is 7.83. The van der Waals surface area contributed by atoms with Crippen molar-refractivity contribution in [2.45, 2.75) is 32.4 Å². The first-order valence-corrected chi connectivity index (χ1v) is 10.7. The van der Waals surface area contributed by atoms with Crippen LogP contribution in [0.2, 0.25) is 0 Å². The van der Waals surface area contributed by atoms with Crippen molar-refractivity contribution in [1.29, 1.82) is 0 Å². The normalized spacial score (nSPS) is 17.0. The zero-order valence-electron chi connectivity index (χ0n) is 18.7. The highest BCUT2D eigenvalue weighted by molar-refractivity contribution is 5.93. The fourth-order valence-electron chi connectivity index (χ4n) is 3.96. The number of cyclic esters (lactones) is 1. The summed E-state index contributed by atoms with van der Waals surface area (Å²) in [5.74, 6) is 1.07. The standard InChI is InChI=1S/C24H29N5O3/c1-16(17-7-5-4-6-8-17)28-23-18-11-19(25)21(12-20(18)26-15-27-23)31-10-9-29-13-22(30)32-24(2,3)14-29/h4-8,11-12,15-16H,9-10,13-14,25H2,1-3H3,(H,26,27,28). The number of nitrogens with one attached hydrogen (secondary N) is 1. The molecular weight excluding hydrogens is 406 g/mol. The number of nitrogen functional groups attached to an aromatic ring is 1. The number of nitrogens with two attached hydrogens (primary N) is 1. The molecule has 2 aromatic carbocycles. The maximum atomic E-state index is 11.8. The second-order valence-corrected chi connectivity index (χ2v) is 8.70. The first kappa shape index (κ1) is 21.8. The van der Waals surface area contributed by atoms with Crippen molar-refractivity contribution in [3.63, 3.8) is 0 Å². The zero-order chi connectivity index (χ0) is 22.7. The number of carbonyl (C=O) groups is 1. The van der Waals surface area contributed by atoms with Gasteiger partial charge in [0.05, 0.1) is 17.7 Å². The second kappa shape index (κ2) is 9.00. The highest BCUT2D eigenvalue weighted by atomic mass is 16.6. The molecule has 1 atom stereocenters. The maximum absolute atomic E-state index is 11.8. The summed E-state index contributed by atoms with van der Waals surface area (Å²) in [5.41, 5.74) is 8.22. The Balaban J connectivity index is 1.45. The van der Waals surface area contributed by atoms with Gasteiger partial charge in [0.2, 0.25) is 0 Å². The van der Waals surface area contributed by atoms with E-state index in [9.17, 15) is 4.79 Å². The van der Waals surface area contributed by atoms with Gasteiger partial charge >= 0.3 is 5.97 Å². The van der Waals surface area contributed by atoms with E-state index in [-0.39, 0.29) is 18.6 Å². The van der Waals surface area contributed by atoms with Gasteiger partial charge in [-0.2, -0.15) is 0 Å². The average molecular weight is 436 g/mol. The molecule has 0 saturated carbocycles. The van der Waals surface area contributed by atoms with E-state index in [1.54, 1.807) is 0 Å². The molecule has 0 spiro atoms. The molecule has 168 valence electrons. The number of carbonyl (C=O) groups excluding carboxylic acids is 1. The number of esters is 1. The van der Waals surface area contributed by atoms with Crippen LogP contribution >= 0.6 is 0 Å². The van der Waals surface area contributed by atoms with Crippen molar-refractivity contribution in [3.05, 3.63) is 54.4 Å². The summed E-state index contributed by atoms with van der Waals surface area (Å²) in [4.78, 5) is 22.6. The van der Waals surface area contributed by atoms with Crippen molar-refractivity contribution >= 4 is 28.4 Å². The fraction of sp³-hybridized carbons (Fsp3) is 0.375. The van der Waals surface area contributed by atoms with E-state index < -0.39 is 5.60 Å². The molecule has 1 fully saturated rings. The molecule has 4 rings (SSSR count). The molecule has 8 heteroatoms. The zero-order valence-corrected chi connectivity index (χ0v) is 18.7. The molecule has 32 heavy (non-hydrogen) atoms. The van der Waals surface area contributed by atoms with Crippen LogP contribution in [-0.2, 0) is 9.53 Å². The van der Waals surface area contributed by atoms with E-state index in [4.69, 9.17) is 15.2 Å². The van der Waals surface area contributed by atoms with Crippen molar-refractivity contribution in [1.82, 2.24) is 14.9 Å². The molecule has 0 aliphatic carbocycles. The largest absolute Gasteiger partial charge is 0.490 e. The van der Waals surface area contributed by atoms with Gasteiger partial charge in [-0.15, -0.1) is 0 Å². The summed E-state index contributed by atoms with van der Waals surface area (Å²) in [7, 11) is 0. The predicted molar refractivity (Wildman–Crippen MR) is 125 cm³/mol. The summed E-state index contributed by atoms with van der Waals surface area (Å²) in [6.07, 6.45) is 1.53. The van der Waals surface area contributed by atoms with Crippen LogP contribution in [0.1, 0.15) is 32.4 Å². The van der Waals surface area contributed by atoms with Gasteiger partial charge in [-0.25, -0.2) is 9.97 Å². The molecule has 3 aromatic rings. The maximum Gasteiger partial charge on any atom is 0.320 e. The molecule has 1 aliphatic heterocycles. The number of fused-ring (bicyclic) bond motifs is 1. The van der Waals surface area contributed by atoms with E-state index in [0.717, 1.165) is 22.3 Å². The smallest absolute Gasteiger partial charge is 0.320 e. The number of hydrogen-bond acceptors (Lipinski definition) is 8. The predicted octanol–water partition coefficient (Wildman–Crippen LogP) is 3.40. The lowest BCUT2D eigenvalue weighted by Crippen LogP contribution is -2.51. The van der Waals surface area contributed by atoms with Gasteiger partial charge in [-0.1, -0.05) is 30.3 Å². The number of anilines is 2. The van der Waals surface area contributed by atoms with Crippen LogP contribution in [0.3, 0.4) is 0 Å². The van der Waals surface area contributed by atoms with Crippen molar-refractivity contribution < 1.29 is 14.3 Å². The molecule has 0 amide bonds. The molecule has 3 N–H and O–H groups in total. The lowest BCUT2D eigenvalue weighted by atomic mass is 10.1. The highest BCUT2D eigenvalue weighted by Gasteiger charge is 2.32. The van der Waals surface area contributed by atoms with Gasteiger partial charge in [-0.3, -0.25) is 9.69 Å². The lowest BCUT2D eigenvalue weighted by Gasteiger charge is -2.37.